The van der Waals surface area contributed by atoms with E-state index in [-0.39, 0.29) is 12.5 Å². The van der Waals surface area contributed by atoms with E-state index < -0.39 is 0 Å². The van der Waals surface area contributed by atoms with Crippen molar-refractivity contribution in [1.29, 1.82) is 0 Å². The fourth-order valence-corrected chi connectivity index (χ4v) is 1.38. The predicted molar refractivity (Wildman–Crippen MR) is 55.8 cm³/mol. The first-order valence-electron chi connectivity index (χ1n) is 4.64. The molecule has 1 rings (SSSR count). The molecule has 0 saturated carbocycles. The van der Waals surface area contributed by atoms with Gasteiger partial charge in [0.1, 0.15) is 0 Å². The topological polar surface area (TPSA) is 60.1 Å². The van der Waals surface area contributed by atoms with Crippen molar-refractivity contribution in [2.75, 3.05) is 6.54 Å². The summed E-state index contributed by atoms with van der Waals surface area (Å²) in [5, 5.41) is 2.75. The lowest BCUT2D eigenvalue weighted by Crippen LogP contribution is -2.29. The number of aromatic nitrogens is 1. The molecule has 0 saturated heterocycles. The van der Waals surface area contributed by atoms with E-state index in [0.29, 0.717) is 6.54 Å². The smallest absolute Gasteiger partial charge is 0.234 e. The van der Waals surface area contributed by atoms with E-state index in [0.717, 1.165) is 5.56 Å². The summed E-state index contributed by atoms with van der Waals surface area (Å²) in [6, 6.07) is 2.08. The lowest BCUT2D eigenvalue weighted by Gasteiger charge is -2.04. The molecule has 78 valence electrons. The second-order valence-electron chi connectivity index (χ2n) is 3.44. The summed E-state index contributed by atoms with van der Waals surface area (Å²) in [6.07, 6.45) is 0. The SMILES string of the molecule is Cc1cc(CNC(=O)CN)c(C)n1C. The van der Waals surface area contributed by atoms with Crippen LogP contribution in [0.2, 0.25) is 0 Å². The van der Waals surface area contributed by atoms with E-state index >= 15 is 0 Å². The predicted octanol–water partition coefficient (Wildman–Crippen LogP) is 0.217. The van der Waals surface area contributed by atoms with Crippen molar-refractivity contribution in [3.8, 4) is 0 Å². The van der Waals surface area contributed by atoms with Gasteiger partial charge in [0, 0.05) is 25.0 Å². The average molecular weight is 195 g/mol. The van der Waals surface area contributed by atoms with Crippen molar-refractivity contribution in [2.45, 2.75) is 20.4 Å². The van der Waals surface area contributed by atoms with Crippen LogP contribution in [0.5, 0.6) is 0 Å². The Hall–Kier alpha value is -1.29. The van der Waals surface area contributed by atoms with Crippen LogP contribution in [-0.4, -0.2) is 17.0 Å². The van der Waals surface area contributed by atoms with Crippen molar-refractivity contribution in [3.63, 3.8) is 0 Å². The Kier molecular flexibility index (Phi) is 3.30. The number of carbonyl (C=O) groups excluding carboxylic acids is 1. The van der Waals surface area contributed by atoms with Gasteiger partial charge in [0.05, 0.1) is 6.54 Å². The van der Waals surface area contributed by atoms with Crippen LogP contribution < -0.4 is 11.1 Å². The van der Waals surface area contributed by atoms with Gasteiger partial charge in [-0.2, -0.15) is 0 Å². The van der Waals surface area contributed by atoms with Gasteiger partial charge in [-0.15, -0.1) is 0 Å². The molecule has 4 heteroatoms. The van der Waals surface area contributed by atoms with Crippen molar-refractivity contribution in [2.24, 2.45) is 12.8 Å². The standard InChI is InChI=1S/C10H17N3O/c1-7-4-9(8(2)13(7)3)6-12-10(14)5-11/h4H,5-6,11H2,1-3H3,(H,12,14). The summed E-state index contributed by atoms with van der Waals surface area (Å²) in [4.78, 5) is 10.9. The zero-order valence-corrected chi connectivity index (χ0v) is 8.92. The van der Waals surface area contributed by atoms with Crippen LogP contribution in [0, 0.1) is 13.8 Å². The molecule has 14 heavy (non-hydrogen) atoms. The zero-order chi connectivity index (χ0) is 10.7. The highest BCUT2D eigenvalue weighted by Gasteiger charge is 2.06. The fourth-order valence-electron chi connectivity index (χ4n) is 1.38. The number of nitrogens with two attached hydrogens (primary N) is 1. The van der Waals surface area contributed by atoms with Gasteiger partial charge >= 0.3 is 0 Å². The summed E-state index contributed by atoms with van der Waals surface area (Å²) in [5.41, 5.74) is 8.71. The van der Waals surface area contributed by atoms with E-state index in [1.54, 1.807) is 0 Å². The highest BCUT2D eigenvalue weighted by atomic mass is 16.1. The van der Waals surface area contributed by atoms with Crippen LogP contribution in [0.1, 0.15) is 17.0 Å². The van der Waals surface area contributed by atoms with Gasteiger partial charge in [-0.1, -0.05) is 0 Å². The highest BCUT2D eigenvalue weighted by Crippen LogP contribution is 2.12. The molecule has 1 amide bonds. The molecule has 0 radical (unpaired) electrons. The Morgan fingerprint density at radius 3 is 2.64 bits per heavy atom. The Balaban J connectivity index is 2.68. The fraction of sp³-hybridized carbons (Fsp3) is 0.500. The molecule has 0 aliphatic carbocycles. The summed E-state index contributed by atoms with van der Waals surface area (Å²) >= 11 is 0. The van der Waals surface area contributed by atoms with Crippen molar-refractivity contribution >= 4 is 5.91 Å². The molecular weight excluding hydrogens is 178 g/mol. The number of amides is 1. The average Bonchev–Trinajstić information content (AvgIpc) is 2.42. The molecule has 0 fully saturated rings. The van der Waals surface area contributed by atoms with E-state index in [1.165, 1.54) is 11.4 Å². The molecule has 0 spiro atoms. The second kappa shape index (κ2) is 4.28. The summed E-state index contributed by atoms with van der Waals surface area (Å²) < 4.78 is 2.10. The van der Waals surface area contributed by atoms with Gasteiger partial charge in [-0.3, -0.25) is 4.79 Å². The van der Waals surface area contributed by atoms with Gasteiger partial charge in [-0.25, -0.2) is 0 Å². The van der Waals surface area contributed by atoms with Gasteiger partial charge in [0.25, 0.3) is 0 Å². The van der Waals surface area contributed by atoms with Crippen LogP contribution in [0.25, 0.3) is 0 Å². The Labute approximate surface area is 84.1 Å². The number of aryl methyl sites for hydroxylation is 1. The van der Waals surface area contributed by atoms with Crippen LogP contribution in [0.15, 0.2) is 6.07 Å². The van der Waals surface area contributed by atoms with Gasteiger partial charge in [0.15, 0.2) is 0 Å². The number of carbonyl (C=O) groups is 1. The number of hydrogen-bond donors (Lipinski definition) is 2. The zero-order valence-electron chi connectivity index (χ0n) is 8.92. The van der Waals surface area contributed by atoms with Crippen LogP contribution in [-0.2, 0) is 18.4 Å². The third kappa shape index (κ3) is 2.14. The normalized spacial score (nSPS) is 10.3. The van der Waals surface area contributed by atoms with E-state index in [9.17, 15) is 4.79 Å². The first-order valence-corrected chi connectivity index (χ1v) is 4.64. The van der Waals surface area contributed by atoms with Gasteiger partial charge in [0.2, 0.25) is 5.91 Å². The minimum absolute atomic E-state index is 0.0465. The highest BCUT2D eigenvalue weighted by molar-refractivity contribution is 5.77. The molecule has 1 aromatic heterocycles. The molecule has 0 unspecified atom stereocenters. The van der Waals surface area contributed by atoms with E-state index in [4.69, 9.17) is 5.73 Å². The van der Waals surface area contributed by atoms with Crippen LogP contribution in [0.3, 0.4) is 0 Å². The Morgan fingerprint density at radius 2 is 2.21 bits per heavy atom. The monoisotopic (exact) mass is 195 g/mol. The minimum Gasteiger partial charge on any atom is -0.352 e. The summed E-state index contributed by atoms with van der Waals surface area (Å²) in [5.74, 6) is -0.120. The summed E-state index contributed by atoms with van der Waals surface area (Å²) in [6.45, 7) is 4.69. The van der Waals surface area contributed by atoms with Gasteiger partial charge < -0.3 is 15.6 Å². The molecule has 1 aromatic rings. The maximum Gasteiger partial charge on any atom is 0.234 e. The molecule has 1 heterocycles. The molecule has 0 bridgehead atoms. The van der Waals surface area contributed by atoms with Gasteiger partial charge in [-0.05, 0) is 25.5 Å². The lowest BCUT2D eigenvalue weighted by atomic mass is 10.2. The number of nitrogens with one attached hydrogen (secondary N) is 1. The Bertz CT molecular complexity index is 341. The van der Waals surface area contributed by atoms with Crippen molar-refractivity contribution in [1.82, 2.24) is 9.88 Å². The molecule has 3 N–H and O–H groups in total. The third-order valence-electron chi connectivity index (χ3n) is 2.54. The van der Waals surface area contributed by atoms with Crippen molar-refractivity contribution < 1.29 is 4.79 Å². The molecule has 0 aliphatic heterocycles. The third-order valence-corrected chi connectivity index (χ3v) is 2.54. The summed E-state index contributed by atoms with van der Waals surface area (Å²) in [7, 11) is 2.01. The number of rotatable bonds is 3. The molecule has 4 nitrogen and oxygen atoms in total. The first-order chi connectivity index (χ1) is 6.56. The van der Waals surface area contributed by atoms with Crippen LogP contribution >= 0.6 is 0 Å². The number of nitrogens with zero attached hydrogens (tertiary/aromatic N) is 1. The minimum atomic E-state index is -0.120. The second-order valence-corrected chi connectivity index (χ2v) is 3.44. The maximum absolute atomic E-state index is 10.9. The molecule has 0 aromatic carbocycles. The lowest BCUT2D eigenvalue weighted by molar-refractivity contribution is -0.119. The molecular formula is C10H17N3O. The van der Waals surface area contributed by atoms with E-state index in [2.05, 4.69) is 16.0 Å². The quantitative estimate of drug-likeness (QED) is 0.724. The molecule has 0 atom stereocenters. The molecule has 0 aliphatic rings. The van der Waals surface area contributed by atoms with E-state index in [1.807, 2.05) is 20.9 Å². The van der Waals surface area contributed by atoms with Crippen molar-refractivity contribution in [3.05, 3.63) is 23.0 Å². The number of hydrogen-bond acceptors (Lipinski definition) is 2. The van der Waals surface area contributed by atoms with Crippen LogP contribution in [0.4, 0.5) is 0 Å². The largest absolute Gasteiger partial charge is 0.352 e. The Morgan fingerprint density at radius 1 is 1.57 bits per heavy atom. The first kappa shape index (κ1) is 10.8. The maximum atomic E-state index is 10.9.